The van der Waals surface area contributed by atoms with Crippen LogP contribution in [0.2, 0.25) is 10.0 Å². The molecule has 1 aliphatic rings. The first-order valence-corrected chi connectivity index (χ1v) is 17.4. The lowest BCUT2D eigenvalue weighted by Gasteiger charge is -2.41. The molecule has 0 aromatic heterocycles. The van der Waals surface area contributed by atoms with E-state index in [1.165, 1.54) is 13.2 Å². The number of hydrogen-bond acceptors (Lipinski definition) is 9. The van der Waals surface area contributed by atoms with Gasteiger partial charge in [0.1, 0.15) is 31.0 Å². The van der Waals surface area contributed by atoms with Gasteiger partial charge in [0.25, 0.3) is 11.8 Å². The Morgan fingerprint density at radius 1 is 0.918 bits per heavy atom. The van der Waals surface area contributed by atoms with Crippen molar-refractivity contribution in [3.05, 3.63) is 62.6 Å². The predicted octanol–water partition coefficient (Wildman–Crippen LogP) is 4.78. The van der Waals surface area contributed by atoms with Crippen molar-refractivity contribution in [1.82, 2.24) is 10.6 Å². The molecule has 0 bridgehead atoms. The summed E-state index contributed by atoms with van der Waals surface area (Å²) in [5.74, 6) is -1.42. The molecule has 0 aliphatic carbocycles. The van der Waals surface area contributed by atoms with Crippen molar-refractivity contribution in [3.63, 3.8) is 0 Å². The first kappa shape index (κ1) is 40.5. The molecule has 2 aromatic rings. The number of carbonyl (C=O) groups excluding carboxylic acids is 2. The Labute approximate surface area is 297 Å². The number of aliphatic hydroxyl groups excluding tert-OH is 3. The van der Waals surface area contributed by atoms with E-state index < -0.39 is 49.1 Å². The number of nitrogens with one attached hydrogen (secondary N) is 2. The van der Waals surface area contributed by atoms with Gasteiger partial charge in [-0.3, -0.25) is 14.4 Å². The molecule has 0 spiro atoms. The van der Waals surface area contributed by atoms with Gasteiger partial charge in [-0.25, -0.2) is 0 Å². The summed E-state index contributed by atoms with van der Waals surface area (Å²) in [6.07, 6.45) is 4.23. The van der Waals surface area contributed by atoms with Crippen molar-refractivity contribution in [1.29, 1.82) is 0 Å². The highest BCUT2D eigenvalue weighted by Crippen LogP contribution is 2.38. The molecule has 49 heavy (non-hydrogen) atoms. The number of unbranched alkanes of at least 4 members (excludes halogenated alkanes) is 8. The van der Waals surface area contributed by atoms with Crippen LogP contribution in [0.25, 0.3) is 0 Å². The summed E-state index contributed by atoms with van der Waals surface area (Å²) in [4.78, 5) is 36.5. The minimum absolute atomic E-state index is 0.0517. The van der Waals surface area contributed by atoms with Crippen LogP contribution in [0.1, 0.15) is 96.1 Å². The quantitative estimate of drug-likeness (QED) is 0.104. The predicted molar refractivity (Wildman–Crippen MR) is 184 cm³/mol. The normalized spacial score (nSPS) is 20.5. The van der Waals surface area contributed by atoms with Crippen molar-refractivity contribution in [2.24, 2.45) is 0 Å². The second kappa shape index (κ2) is 20.6. The fourth-order valence-corrected chi connectivity index (χ4v) is 6.19. The molecule has 0 unspecified atom stereocenters. The number of halogens is 2. The van der Waals surface area contributed by atoms with Crippen molar-refractivity contribution in [2.45, 2.75) is 108 Å². The molecule has 1 aliphatic heterocycles. The molecule has 1 saturated heterocycles. The van der Waals surface area contributed by atoms with E-state index in [0.717, 1.165) is 57.8 Å². The summed E-state index contributed by atoms with van der Waals surface area (Å²) in [6, 6.07) is 7.23. The van der Waals surface area contributed by atoms with Gasteiger partial charge in [0.15, 0.2) is 12.0 Å². The van der Waals surface area contributed by atoms with Crippen LogP contribution in [0.15, 0.2) is 30.3 Å². The summed E-state index contributed by atoms with van der Waals surface area (Å²) in [5.41, 5.74) is 1.65. The van der Waals surface area contributed by atoms with Crippen LogP contribution in [0.5, 0.6) is 5.75 Å². The number of amides is 2. The van der Waals surface area contributed by atoms with E-state index >= 15 is 0 Å². The van der Waals surface area contributed by atoms with Gasteiger partial charge in [-0.1, -0.05) is 80.3 Å². The number of carboxylic acid groups (broad SMARTS) is 1. The van der Waals surface area contributed by atoms with Gasteiger partial charge < -0.3 is 45.3 Å². The third-order valence-corrected chi connectivity index (χ3v) is 9.24. The molecule has 6 N–H and O–H groups in total. The van der Waals surface area contributed by atoms with Gasteiger partial charge in [0.05, 0.1) is 16.7 Å². The molecule has 2 aromatic carbocycles. The third-order valence-electron chi connectivity index (χ3n) is 8.50. The SMILES string of the molecule is CO[C@H]1O[C@H](CO)[C@@H](O)[C@H](O)[C@H]1NC(=O)c1cc(Cl)c(OCc2cccc(C(=O)NCCCCCCCCCCCC(=O)O)c2)c(Cl)c1C. The number of rotatable bonds is 20. The van der Waals surface area contributed by atoms with Crippen molar-refractivity contribution >= 4 is 41.0 Å². The van der Waals surface area contributed by atoms with E-state index in [4.69, 9.17) is 42.5 Å². The lowest BCUT2D eigenvalue weighted by Crippen LogP contribution is -2.64. The van der Waals surface area contributed by atoms with Crippen LogP contribution >= 0.6 is 23.2 Å². The molecule has 14 heteroatoms. The minimum Gasteiger partial charge on any atom is -0.486 e. The molecule has 1 fully saturated rings. The number of hydrogen-bond donors (Lipinski definition) is 6. The number of ether oxygens (including phenoxy) is 3. The summed E-state index contributed by atoms with van der Waals surface area (Å²) in [6.45, 7) is 1.68. The van der Waals surface area contributed by atoms with Crippen LogP contribution in [-0.2, 0) is 20.9 Å². The van der Waals surface area contributed by atoms with Crippen LogP contribution in [0, 0.1) is 6.92 Å². The number of carbonyl (C=O) groups is 3. The zero-order chi connectivity index (χ0) is 35.9. The molecule has 0 radical (unpaired) electrons. The highest BCUT2D eigenvalue weighted by molar-refractivity contribution is 6.38. The van der Waals surface area contributed by atoms with Crippen LogP contribution in [0.3, 0.4) is 0 Å². The maximum absolute atomic E-state index is 13.2. The Hall–Kier alpha value is -2.97. The standard InChI is InChI=1S/C35H48Cl2N2O10/c1-21-24(34(46)39-29-31(44)30(43)26(19-40)49-35(29)47-2)18-25(36)32(28(21)37)48-20-22-13-12-14-23(17-22)33(45)38-16-11-9-7-5-3-4-6-8-10-15-27(41)42/h12-14,17-18,26,29-31,35,40,43-44H,3-11,15-16,19-20H2,1-2H3,(H,38,45)(H,39,46)(H,41,42)/t26-,29-,30-,31-,35+/m1/s1. The first-order chi connectivity index (χ1) is 23.5. The van der Waals surface area contributed by atoms with E-state index in [-0.39, 0.29) is 40.3 Å². The lowest BCUT2D eigenvalue weighted by atomic mass is 9.96. The van der Waals surface area contributed by atoms with Gasteiger partial charge in [0, 0.05) is 31.2 Å². The molecular weight excluding hydrogens is 679 g/mol. The van der Waals surface area contributed by atoms with Gasteiger partial charge in [-0.15, -0.1) is 0 Å². The zero-order valence-electron chi connectivity index (χ0n) is 28.0. The maximum Gasteiger partial charge on any atom is 0.303 e. The second-order valence-corrected chi connectivity index (χ2v) is 13.0. The topological polar surface area (TPSA) is 184 Å². The smallest absolute Gasteiger partial charge is 0.303 e. The molecule has 3 rings (SSSR count). The van der Waals surface area contributed by atoms with E-state index in [9.17, 15) is 29.7 Å². The zero-order valence-corrected chi connectivity index (χ0v) is 29.5. The monoisotopic (exact) mass is 726 g/mol. The molecule has 272 valence electrons. The Bertz CT molecular complexity index is 1390. The average molecular weight is 728 g/mol. The molecular formula is C35H48Cl2N2O10. The molecule has 0 saturated carbocycles. The van der Waals surface area contributed by atoms with E-state index in [0.29, 0.717) is 23.2 Å². The number of carboxylic acids is 1. The summed E-state index contributed by atoms with van der Waals surface area (Å²) < 4.78 is 16.6. The minimum atomic E-state index is -1.48. The Morgan fingerprint density at radius 3 is 2.20 bits per heavy atom. The summed E-state index contributed by atoms with van der Waals surface area (Å²) >= 11 is 13.1. The average Bonchev–Trinajstić information content (AvgIpc) is 3.08. The third kappa shape index (κ3) is 12.1. The molecule has 1 heterocycles. The Kier molecular flexibility index (Phi) is 17.0. The van der Waals surface area contributed by atoms with E-state index in [2.05, 4.69) is 10.6 Å². The van der Waals surface area contributed by atoms with E-state index in [1.807, 2.05) is 0 Å². The van der Waals surface area contributed by atoms with Crippen molar-refractivity contribution in [2.75, 3.05) is 20.3 Å². The van der Waals surface area contributed by atoms with Crippen molar-refractivity contribution < 1.29 is 49.0 Å². The number of methoxy groups -OCH3 is 1. The highest BCUT2D eigenvalue weighted by atomic mass is 35.5. The summed E-state index contributed by atoms with van der Waals surface area (Å²) in [5, 5.41) is 44.6. The summed E-state index contributed by atoms with van der Waals surface area (Å²) in [7, 11) is 1.31. The second-order valence-electron chi connectivity index (χ2n) is 12.2. The Balaban J connectivity index is 1.48. The fourth-order valence-electron chi connectivity index (χ4n) is 5.63. The highest BCUT2D eigenvalue weighted by Gasteiger charge is 2.45. The molecule has 12 nitrogen and oxygen atoms in total. The number of aliphatic hydroxyl groups is 3. The van der Waals surface area contributed by atoms with Gasteiger partial charge >= 0.3 is 5.97 Å². The van der Waals surface area contributed by atoms with Gasteiger partial charge in [-0.2, -0.15) is 0 Å². The molecule has 2 amide bonds. The first-order valence-electron chi connectivity index (χ1n) is 16.6. The maximum atomic E-state index is 13.2. The largest absolute Gasteiger partial charge is 0.486 e. The van der Waals surface area contributed by atoms with Crippen LogP contribution in [0.4, 0.5) is 0 Å². The Morgan fingerprint density at radius 2 is 1.57 bits per heavy atom. The van der Waals surface area contributed by atoms with Crippen LogP contribution < -0.4 is 15.4 Å². The van der Waals surface area contributed by atoms with Crippen molar-refractivity contribution in [3.8, 4) is 5.75 Å². The van der Waals surface area contributed by atoms with E-state index in [1.54, 1.807) is 31.2 Å². The number of aliphatic carboxylic acids is 1. The fraction of sp³-hybridized carbons (Fsp3) is 0.571. The van der Waals surface area contributed by atoms with Gasteiger partial charge in [0.2, 0.25) is 0 Å². The molecule has 5 atom stereocenters. The lowest BCUT2D eigenvalue weighted by molar-refractivity contribution is -0.261. The van der Waals surface area contributed by atoms with Crippen LogP contribution in [-0.4, -0.2) is 89.1 Å². The van der Waals surface area contributed by atoms with Gasteiger partial charge in [-0.05, 0) is 49.1 Å². The number of benzene rings is 2.